The van der Waals surface area contributed by atoms with Crippen molar-refractivity contribution in [1.29, 1.82) is 0 Å². The number of nitrogens with one attached hydrogen (secondary N) is 1. The van der Waals surface area contributed by atoms with Crippen LogP contribution in [-0.2, 0) is 0 Å². The van der Waals surface area contributed by atoms with E-state index < -0.39 is 0 Å². The van der Waals surface area contributed by atoms with Crippen molar-refractivity contribution in [3.8, 4) is 5.75 Å². The number of carbonyl (C=O) groups is 1. The molecular weight excluding hydrogens is 266 g/mol. The molecule has 3 aromatic rings. The number of aromatic hydroxyl groups is 1. The summed E-state index contributed by atoms with van der Waals surface area (Å²) in [7, 11) is 1.67. The van der Waals surface area contributed by atoms with Crippen molar-refractivity contribution in [1.82, 2.24) is 4.98 Å². The Labute approximate surface area is 121 Å². The smallest absolute Gasteiger partial charge is 0.260 e. The number of nitrogen functional groups attached to an aromatic ring is 1. The normalized spacial score (nSPS) is 10.7. The van der Waals surface area contributed by atoms with Gasteiger partial charge in [-0.1, -0.05) is 6.07 Å². The Morgan fingerprint density at radius 3 is 2.81 bits per heavy atom. The van der Waals surface area contributed by atoms with Crippen LogP contribution >= 0.6 is 0 Å². The molecule has 106 valence electrons. The Bertz CT molecular complexity index is 823. The molecule has 0 aliphatic rings. The van der Waals surface area contributed by atoms with E-state index in [1.807, 2.05) is 6.07 Å². The standard InChI is InChI=1S/C16H15N3O2/c1-19(11-3-2-4-12(20)8-11)16(21)14-9-18-15-7-10(17)5-6-13(14)15/h2-9,18,20H,17H2,1H3. The Morgan fingerprint density at radius 2 is 2.05 bits per heavy atom. The summed E-state index contributed by atoms with van der Waals surface area (Å²) in [5.74, 6) is -0.0320. The number of amides is 1. The maximum atomic E-state index is 12.6. The minimum absolute atomic E-state index is 0.124. The topological polar surface area (TPSA) is 82.4 Å². The number of benzene rings is 2. The van der Waals surface area contributed by atoms with Gasteiger partial charge in [-0.05, 0) is 30.3 Å². The van der Waals surface area contributed by atoms with Gasteiger partial charge in [-0.15, -0.1) is 0 Å². The van der Waals surface area contributed by atoms with E-state index in [-0.39, 0.29) is 11.7 Å². The number of phenols is 1. The number of aromatic nitrogens is 1. The van der Waals surface area contributed by atoms with Gasteiger partial charge in [0, 0.05) is 41.6 Å². The minimum Gasteiger partial charge on any atom is -0.508 e. The first-order valence-corrected chi connectivity index (χ1v) is 6.50. The average molecular weight is 281 g/mol. The van der Waals surface area contributed by atoms with Gasteiger partial charge in [-0.3, -0.25) is 4.79 Å². The zero-order valence-electron chi connectivity index (χ0n) is 11.5. The van der Waals surface area contributed by atoms with Crippen molar-refractivity contribution in [2.75, 3.05) is 17.7 Å². The Balaban J connectivity index is 2.00. The molecule has 3 rings (SSSR count). The molecule has 1 aromatic heterocycles. The van der Waals surface area contributed by atoms with Gasteiger partial charge in [0.25, 0.3) is 5.91 Å². The van der Waals surface area contributed by atoms with Gasteiger partial charge in [-0.25, -0.2) is 0 Å². The summed E-state index contributed by atoms with van der Waals surface area (Å²) >= 11 is 0. The molecule has 0 saturated carbocycles. The molecular formula is C16H15N3O2. The third-order valence-corrected chi connectivity index (χ3v) is 3.46. The van der Waals surface area contributed by atoms with Crippen LogP contribution in [0.25, 0.3) is 10.9 Å². The van der Waals surface area contributed by atoms with Gasteiger partial charge < -0.3 is 20.7 Å². The number of aromatic amines is 1. The highest BCUT2D eigenvalue weighted by molar-refractivity contribution is 6.14. The van der Waals surface area contributed by atoms with E-state index in [1.165, 1.54) is 4.90 Å². The lowest BCUT2D eigenvalue weighted by atomic mass is 10.1. The summed E-state index contributed by atoms with van der Waals surface area (Å²) in [5, 5.41) is 10.3. The third-order valence-electron chi connectivity index (χ3n) is 3.46. The number of hydrogen-bond donors (Lipinski definition) is 3. The maximum Gasteiger partial charge on any atom is 0.260 e. The van der Waals surface area contributed by atoms with Gasteiger partial charge in [0.1, 0.15) is 5.75 Å². The van der Waals surface area contributed by atoms with Gasteiger partial charge in [-0.2, -0.15) is 0 Å². The monoisotopic (exact) mass is 281 g/mol. The Hall–Kier alpha value is -2.95. The maximum absolute atomic E-state index is 12.6. The fraction of sp³-hybridized carbons (Fsp3) is 0.0625. The molecule has 0 saturated heterocycles. The predicted octanol–water partition coefficient (Wildman–Crippen LogP) is 2.73. The average Bonchev–Trinajstić information content (AvgIpc) is 2.88. The highest BCUT2D eigenvalue weighted by atomic mass is 16.3. The second-order valence-electron chi connectivity index (χ2n) is 4.89. The molecule has 0 bridgehead atoms. The fourth-order valence-electron chi connectivity index (χ4n) is 2.32. The van der Waals surface area contributed by atoms with Crippen molar-refractivity contribution in [3.63, 3.8) is 0 Å². The molecule has 0 fully saturated rings. The SMILES string of the molecule is CN(C(=O)c1c[nH]c2cc(N)ccc12)c1cccc(O)c1. The lowest BCUT2D eigenvalue weighted by molar-refractivity contribution is 0.0994. The zero-order chi connectivity index (χ0) is 15.0. The molecule has 0 unspecified atom stereocenters. The summed E-state index contributed by atoms with van der Waals surface area (Å²) < 4.78 is 0. The van der Waals surface area contributed by atoms with Crippen LogP contribution in [0.5, 0.6) is 5.75 Å². The van der Waals surface area contributed by atoms with Gasteiger partial charge in [0.05, 0.1) is 5.56 Å². The summed E-state index contributed by atoms with van der Waals surface area (Å²) in [4.78, 5) is 17.2. The molecule has 1 amide bonds. The number of nitrogens with two attached hydrogens (primary N) is 1. The first-order valence-electron chi connectivity index (χ1n) is 6.50. The first-order chi connectivity index (χ1) is 10.1. The van der Waals surface area contributed by atoms with Crippen LogP contribution in [-0.4, -0.2) is 23.0 Å². The number of hydrogen-bond acceptors (Lipinski definition) is 3. The zero-order valence-corrected chi connectivity index (χ0v) is 11.5. The largest absolute Gasteiger partial charge is 0.508 e. The second kappa shape index (κ2) is 4.86. The molecule has 0 spiro atoms. The summed E-state index contributed by atoms with van der Waals surface area (Å²) in [6.07, 6.45) is 1.67. The summed E-state index contributed by atoms with van der Waals surface area (Å²) in [5.41, 5.74) is 8.39. The van der Waals surface area contributed by atoms with E-state index >= 15 is 0 Å². The number of H-pyrrole nitrogens is 1. The van der Waals surface area contributed by atoms with Crippen molar-refractivity contribution >= 4 is 28.2 Å². The van der Waals surface area contributed by atoms with Crippen LogP contribution in [0.4, 0.5) is 11.4 Å². The van der Waals surface area contributed by atoms with Crippen molar-refractivity contribution in [2.24, 2.45) is 0 Å². The predicted molar refractivity (Wildman–Crippen MR) is 83.6 cm³/mol. The molecule has 21 heavy (non-hydrogen) atoms. The van der Waals surface area contributed by atoms with Crippen LogP contribution in [0.3, 0.4) is 0 Å². The molecule has 0 radical (unpaired) electrons. The summed E-state index contributed by atoms with van der Waals surface area (Å²) in [6, 6.07) is 12.0. The number of nitrogens with zero attached hydrogens (tertiary/aromatic N) is 1. The Kier molecular flexibility index (Phi) is 3.02. The van der Waals surface area contributed by atoms with E-state index in [1.54, 1.807) is 49.6 Å². The van der Waals surface area contributed by atoms with E-state index in [0.29, 0.717) is 16.9 Å². The molecule has 5 heteroatoms. The Morgan fingerprint density at radius 1 is 1.24 bits per heavy atom. The van der Waals surface area contributed by atoms with Crippen molar-refractivity contribution < 1.29 is 9.90 Å². The van der Waals surface area contributed by atoms with E-state index in [9.17, 15) is 9.90 Å². The number of carbonyl (C=O) groups excluding carboxylic acids is 1. The molecule has 0 aliphatic heterocycles. The van der Waals surface area contributed by atoms with Crippen molar-refractivity contribution in [2.45, 2.75) is 0 Å². The van der Waals surface area contributed by atoms with Crippen LogP contribution in [0, 0.1) is 0 Å². The van der Waals surface area contributed by atoms with Crippen LogP contribution in [0.2, 0.25) is 0 Å². The second-order valence-corrected chi connectivity index (χ2v) is 4.89. The van der Waals surface area contributed by atoms with Crippen LogP contribution < -0.4 is 10.6 Å². The van der Waals surface area contributed by atoms with Crippen molar-refractivity contribution in [3.05, 3.63) is 54.2 Å². The fourth-order valence-corrected chi connectivity index (χ4v) is 2.32. The third kappa shape index (κ3) is 2.29. The molecule has 5 nitrogen and oxygen atoms in total. The molecule has 1 heterocycles. The number of anilines is 2. The van der Waals surface area contributed by atoms with Gasteiger partial charge >= 0.3 is 0 Å². The molecule has 2 aromatic carbocycles. The molecule has 4 N–H and O–H groups in total. The summed E-state index contributed by atoms with van der Waals surface area (Å²) in [6.45, 7) is 0. The quantitative estimate of drug-likeness (QED) is 0.632. The molecule has 0 atom stereocenters. The lowest BCUT2D eigenvalue weighted by Crippen LogP contribution is -2.25. The first kappa shape index (κ1) is 13.1. The lowest BCUT2D eigenvalue weighted by Gasteiger charge is -2.17. The minimum atomic E-state index is -0.156. The number of fused-ring (bicyclic) bond motifs is 1. The number of rotatable bonds is 2. The van der Waals surface area contributed by atoms with Crippen LogP contribution in [0.1, 0.15) is 10.4 Å². The van der Waals surface area contributed by atoms with E-state index in [2.05, 4.69) is 4.98 Å². The van der Waals surface area contributed by atoms with E-state index in [0.717, 1.165) is 10.9 Å². The van der Waals surface area contributed by atoms with Crippen LogP contribution in [0.15, 0.2) is 48.7 Å². The van der Waals surface area contributed by atoms with E-state index in [4.69, 9.17) is 5.73 Å². The highest BCUT2D eigenvalue weighted by Crippen LogP contribution is 2.25. The number of phenolic OH excluding ortho intramolecular Hbond substituents is 1. The highest BCUT2D eigenvalue weighted by Gasteiger charge is 2.17. The van der Waals surface area contributed by atoms with Gasteiger partial charge in [0.15, 0.2) is 0 Å². The van der Waals surface area contributed by atoms with Gasteiger partial charge in [0.2, 0.25) is 0 Å². The molecule has 0 aliphatic carbocycles.